The van der Waals surface area contributed by atoms with Crippen molar-refractivity contribution in [2.45, 2.75) is 6.54 Å². The lowest BCUT2D eigenvalue weighted by Crippen LogP contribution is -2.32. The van der Waals surface area contributed by atoms with Gasteiger partial charge in [-0.05, 0) is 41.5 Å². The number of fused-ring (bicyclic) bond motifs is 3. The van der Waals surface area contributed by atoms with Gasteiger partial charge in [0.05, 0.1) is 29.8 Å². The number of hydrogen-bond acceptors (Lipinski definition) is 6. The number of carbonyl (C=O) groups is 1. The first-order chi connectivity index (χ1) is 15.5. The maximum Gasteiger partial charge on any atom is 0.337 e. The van der Waals surface area contributed by atoms with Crippen LogP contribution in [0.4, 0.5) is 5.69 Å². The molecule has 0 saturated carbocycles. The van der Waals surface area contributed by atoms with E-state index < -0.39 is 11.6 Å². The first-order valence-electron chi connectivity index (χ1n) is 9.96. The summed E-state index contributed by atoms with van der Waals surface area (Å²) in [4.78, 5) is 26.1. The molecule has 2 heterocycles. The van der Waals surface area contributed by atoms with Gasteiger partial charge in [-0.2, -0.15) is 0 Å². The van der Waals surface area contributed by atoms with E-state index in [0.29, 0.717) is 34.0 Å². The molecule has 0 radical (unpaired) electrons. The standard InChI is InChI=1S/C25H18ClNO5/c1-30-25(29)16-7-9-17(10-8-16)27-13-20-23-19(11-21(26)24(20)31-14-27)18(12-22(28)32-23)15-5-3-2-4-6-15/h2-12H,13-14H2,1H3. The Morgan fingerprint density at radius 3 is 2.53 bits per heavy atom. The Balaban J connectivity index is 1.61. The third-order valence-electron chi connectivity index (χ3n) is 5.49. The van der Waals surface area contributed by atoms with E-state index in [0.717, 1.165) is 22.2 Å². The molecule has 3 aromatic carbocycles. The van der Waals surface area contributed by atoms with Crippen LogP contribution in [-0.2, 0) is 11.3 Å². The minimum atomic E-state index is -0.444. The molecule has 0 saturated heterocycles. The number of anilines is 1. The number of carbonyl (C=O) groups excluding carboxylic acids is 1. The average Bonchev–Trinajstić information content (AvgIpc) is 2.84. The molecular formula is C25H18ClNO5. The normalized spacial score (nSPS) is 12.9. The summed E-state index contributed by atoms with van der Waals surface area (Å²) in [5.41, 5.74) is 3.66. The van der Waals surface area contributed by atoms with Gasteiger partial charge >= 0.3 is 11.6 Å². The maximum atomic E-state index is 12.4. The van der Waals surface area contributed by atoms with Crippen molar-refractivity contribution in [1.29, 1.82) is 0 Å². The molecule has 1 aliphatic heterocycles. The zero-order valence-corrected chi connectivity index (χ0v) is 17.9. The van der Waals surface area contributed by atoms with Crippen LogP contribution in [0.5, 0.6) is 5.75 Å². The van der Waals surface area contributed by atoms with Gasteiger partial charge in [0.2, 0.25) is 0 Å². The Kier molecular flexibility index (Phi) is 5.07. The molecular weight excluding hydrogens is 430 g/mol. The molecule has 4 aromatic rings. The lowest BCUT2D eigenvalue weighted by atomic mass is 9.99. The van der Waals surface area contributed by atoms with Crippen LogP contribution in [0.1, 0.15) is 15.9 Å². The highest BCUT2D eigenvalue weighted by molar-refractivity contribution is 6.33. The fourth-order valence-corrected chi connectivity index (χ4v) is 4.21. The molecule has 0 bridgehead atoms. The van der Waals surface area contributed by atoms with Crippen LogP contribution >= 0.6 is 11.6 Å². The van der Waals surface area contributed by atoms with Crippen LogP contribution in [0.15, 0.2) is 75.9 Å². The molecule has 32 heavy (non-hydrogen) atoms. The zero-order valence-electron chi connectivity index (χ0n) is 17.1. The van der Waals surface area contributed by atoms with E-state index >= 15 is 0 Å². The number of benzene rings is 3. The van der Waals surface area contributed by atoms with E-state index in [-0.39, 0.29) is 6.73 Å². The summed E-state index contributed by atoms with van der Waals surface area (Å²) in [7, 11) is 1.35. The number of rotatable bonds is 3. The molecule has 1 aromatic heterocycles. The Hall–Kier alpha value is -3.77. The van der Waals surface area contributed by atoms with Gasteiger partial charge in [-0.3, -0.25) is 0 Å². The number of methoxy groups -OCH3 is 1. The SMILES string of the molecule is COC(=O)c1ccc(N2COc3c(Cl)cc4c(-c5ccccc5)cc(=O)oc4c3C2)cc1. The van der Waals surface area contributed by atoms with Crippen molar-refractivity contribution in [3.05, 3.63) is 93.3 Å². The van der Waals surface area contributed by atoms with Crippen molar-refractivity contribution in [3.63, 3.8) is 0 Å². The van der Waals surface area contributed by atoms with Crippen molar-refractivity contribution >= 4 is 34.2 Å². The van der Waals surface area contributed by atoms with Crippen LogP contribution in [0, 0.1) is 0 Å². The summed E-state index contributed by atoms with van der Waals surface area (Å²) < 4.78 is 16.4. The molecule has 0 amide bonds. The first kappa shape index (κ1) is 20.2. The highest BCUT2D eigenvalue weighted by Gasteiger charge is 2.26. The summed E-state index contributed by atoms with van der Waals surface area (Å²) in [5.74, 6) is 0.111. The lowest BCUT2D eigenvalue weighted by Gasteiger charge is -2.31. The molecule has 0 spiro atoms. The molecule has 5 rings (SSSR count). The lowest BCUT2D eigenvalue weighted by molar-refractivity contribution is 0.0600. The van der Waals surface area contributed by atoms with E-state index in [1.165, 1.54) is 13.2 Å². The Morgan fingerprint density at radius 2 is 1.81 bits per heavy atom. The third kappa shape index (κ3) is 3.48. The van der Waals surface area contributed by atoms with Gasteiger partial charge in [0.25, 0.3) is 0 Å². The van der Waals surface area contributed by atoms with Crippen molar-refractivity contribution in [3.8, 4) is 16.9 Å². The van der Waals surface area contributed by atoms with Gasteiger partial charge in [-0.15, -0.1) is 0 Å². The van der Waals surface area contributed by atoms with Gasteiger partial charge in [0.1, 0.15) is 11.3 Å². The van der Waals surface area contributed by atoms with Crippen LogP contribution in [0.2, 0.25) is 5.02 Å². The number of esters is 1. The largest absolute Gasteiger partial charge is 0.471 e. The molecule has 7 heteroatoms. The second kappa shape index (κ2) is 8.05. The predicted octanol–water partition coefficient (Wildman–Crippen LogP) is 5.26. The Labute approximate surface area is 188 Å². The third-order valence-corrected chi connectivity index (χ3v) is 5.77. The molecule has 0 aliphatic carbocycles. The van der Waals surface area contributed by atoms with Crippen LogP contribution in [0.3, 0.4) is 0 Å². The minimum Gasteiger partial charge on any atom is -0.471 e. The molecule has 6 nitrogen and oxygen atoms in total. The van der Waals surface area contributed by atoms with E-state index in [9.17, 15) is 9.59 Å². The second-order valence-electron chi connectivity index (χ2n) is 7.40. The number of hydrogen-bond donors (Lipinski definition) is 0. The number of nitrogens with zero attached hydrogens (tertiary/aromatic N) is 1. The topological polar surface area (TPSA) is 69.0 Å². The van der Waals surface area contributed by atoms with Crippen molar-refractivity contribution in [1.82, 2.24) is 0 Å². The maximum absolute atomic E-state index is 12.4. The smallest absolute Gasteiger partial charge is 0.337 e. The van der Waals surface area contributed by atoms with E-state index in [1.54, 1.807) is 18.2 Å². The molecule has 0 atom stereocenters. The Bertz CT molecular complexity index is 1380. The molecule has 160 valence electrons. The van der Waals surface area contributed by atoms with E-state index in [2.05, 4.69) is 0 Å². The predicted molar refractivity (Wildman–Crippen MR) is 122 cm³/mol. The van der Waals surface area contributed by atoms with Crippen LogP contribution in [-0.4, -0.2) is 19.8 Å². The molecule has 1 aliphatic rings. The molecule has 0 N–H and O–H groups in total. The fourth-order valence-electron chi connectivity index (χ4n) is 3.94. The number of ether oxygens (including phenoxy) is 2. The zero-order chi connectivity index (χ0) is 22.2. The van der Waals surface area contributed by atoms with Crippen LogP contribution < -0.4 is 15.3 Å². The van der Waals surface area contributed by atoms with E-state index in [1.807, 2.05) is 47.4 Å². The van der Waals surface area contributed by atoms with Crippen molar-refractivity contribution in [2.75, 3.05) is 18.7 Å². The first-order valence-corrected chi connectivity index (χ1v) is 10.3. The van der Waals surface area contributed by atoms with Crippen molar-refractivity contribution in [2.24, 2.45) is 0 Å². The van der Waals surface area contributed by atoms with Gasteiger partial charge in [0.15, 0.2) is 6.73 Å². The van der Waals surface area contributed by atoms with Gasteiger partial charge in [0, 0.05) is 17.1 Å². The van der Waals surface area contributed by atoms with Crippen LogP contribution in [0.25, 0.3) is 22.1 Å². The average molecular weight is 448 g/mol. The minimum absolute atomic E-state index is 0.262. The summed E-state index contributed by atoms with van der Waals surface area (Å²) in [5, 5.41) is 1.20. The highest BCUT2D eigenvalue weighted by atomic mass is 35.5. The second-order valence-corrected chi connectivity index (χ2v) is 7.80. The van der Waals surface area contributed by atoms with Gasteiger partial charge < -0.3 is 18.8 Å². The fraction of sp³-hybridized carbons (Fsp3) is 0.120. The van der Waals surface area contributed by atoms with Gasteiger partial charge in [-0.25, -0.2) is 9.59 Å². The van der Waals surface area contributed by atoms with Gasteiger partial charge in [-0.1, -0.05) is 41.9 Å². The van der Waals surface area contributed by atoms with Crippen molar-refractivity contribution < 1.29 is 18.7 Å². The quantitative estimate of drug-likeness (QED) is 0.315. The van der Waals surface area contributed by atoms with E-state index in [4.69, 9.17) is 25.5 Å². The monoisotopic (exact) mass is 447 g/mol. The molecule has 0 unspecified atom stereocenters. The summed E-state index contributed by atoms with van der Waals surface area (Å²) in [6.45, 7) is 0.684. The highest BCUT2D eigenvalue weighted by Crippen LogP contribution is 2.42. The molecule has 0 fully saturated rings. The summed E-state index contributed by atoms with van der Waals surface area (Å²) >= 11 is 6.57. The summed E-state index contributed by atoms with van der Waals surface area (Å²) in [6.07, 6.45) is 0. The Morgan fingerprint density at radius 1 is 1.06 bits per heavy atom. The number of halogens is 1. The summed E-state index contributed by atoms with van der Waals surface area (Å²) in [6, 6.07) is 19.9.